The highest BCUT2D eigenvalue weighted by Crippen LogP contribution is 2.15. The fourth-order valence-electron chi connectivity index (χ4n) is 2.20. The highest BCUT2D eigenvalue weighted by Gasteiger charge is 2.24. The Morgan fingerprint density at radius 2 is 2.00 bits per heavy atom. The SMILES string of the molecule is CN(CC1CCOCC1)C(=O)N[C@H](CCC(N)=O)C(=O)O. The summed E-state index contributed by atoms with van der Waals surface area (Å²) in [6.45, 7) is 1.93. The summed E-state index contributed by atoms with van der Waals surface area (Å²) in [5.41, 5.74) is 4.99. The second kappa shape index (κ2) is 8.46. The molecule has 1 rings (SSSR count). The number of carbonyl (C=O) groups is 3. The molecule has 0 aliphatic carbocycles. The Bertz CT molecular complexity index is 382. The number of hydrogen-bond donors (Lipinski definition) is 3. The van der Waals surface area contributed by atoms with E-state index in [4.69, 9.17) is 15.6 Å². The van der Waals surface area contributed by atoms with E-state index in [-0.39, 0.29) is 12.8 Å². The van der Waals surface area contributed by atoms with Crippen LogP contribution in [-0.2, 0) is 14.3 Å². The molecule has 0 spiro atoms. The zero-order valence-electron chi connectivity index (χ0n) is 12.2. The Morgan fingerprint density at radius 1 is 1.38 bits per heavy atom. The van der Waals surface area contributed by atoms with Gasteiger partial charge in [0.2, 0.25) is 5.91 Å². The monoisotopic (exact) mass is 301 g/mol. The van der Waals surface area contributed by atoms with Crippen LogP contribution < -0.4 is 11.1 Å². The van der Waals surface area contributed by atoms with Gasteiger partial charge in [-0.25, -0.2) is 9.59 Å². The highest BCUT2D eigenvalue weighted by molar-refractivity contribution is 5.83. The third-order valence-corrected chi connectivity index (χ3v) is 3.49. The molecule has 0 unspecified atom stereocenters. The minimum Gasteiger partial charge on any atom is -0.480 e. The normalized spacial score (nSPS) is 17.0. The van der Waals surface area contributed by atoms with Gasteiger partial charge in [-0.15, -0.1) is 0 Å². The molecule has 1 fully saturated rings. The van der Waals surface area contributed by atoms with Gasteiger partial charge in [-0.2, -0.15) is 0 Å². The van der Waals surface area contributed by atoms with E-state index in [1.54, 1.807) is 7.05 Å². The van der Waals surface area contributed by atoms with Crippen molar-refractivity contribution in [2.24, 2.45) is 11.7 Å². The first kappa shape index (κ1) is 17.2. The minimum absolute atomic E-state index is 0.0124. The number of primary amides is 1. The van der Waals surface area contributed by atoms with Crippen molar-refractivity contribution in [2.45, 2.75) is 31.7 Å². The third-order valence-electron chi connectivity index (χ3n) is 3.49. The maximum Gasteiger partial charge on any atom is 0.326 e. The Labute approximate surface area is 123 Å². The molecular weight excluding hydrogens is 278 g/mol. The van der Waals surface area contributed by atoms with E-state index < -0.39 is 23.9 Å². The minimum atomic E-state index is -1.18. The van der Waals surface area contributed by atoms with Crippen LogP contribution in [-0.4, -0.2) is 60.8 Å². The van der Waals surface area contributed by atoms with Crippen LogP contribution in [0.2, 0.25) is 0 Å². The van der Waals surface area contributed by atoms with Gasteiger partial charge in [0.15, 0.2) is 0 Å². The molecule has 1 aliphatic heterocycles. The van der Waals surface area contributed by atoms with Crippen LogP contribution >= 0.6 is 0 Å². The maximum absolute atomic E-state index is 12.0. The van der Waals surface area contributed by atoms with Gasteiger partial charge in [-0.05, 0) is 25.2 Å². The molecule has 3 amide bonds. The van der Waals surface area contributed by atoms with Gasteiger partial charge in [0.1, 0.15) is 6.04 Å². The number of ether oxygens (including phenoxy) is 1. The average Bonchev–Trinajstić information content (AvgIpc) is 2.43. The summed E-state index contributed by atoms with van der Waals surface area (Å²) in [5.74, 6) is -1.40. The topological polar surface area (TPSA) is 122 Å². The van der Waals surface area contributed by atoms with Crippen LogP contribution in [0.4, 0.5) is 4.79 Å². The quantitative estimate of drug-likeness (QED) is 0.599. The van der Waals surface area contributed by atoms with E-state index in [0.717, 1.165) is 12.8 Å². The molecule has 0 aromatic rings. The molecule has 0 aromatic heterocycles. The van der Waals surface area contributed by atoms with Gasteiger partial charge >= 0.3 is 12.0 Å². The number of aliphatic carboxylic acids is 1. The van der Waals surface area contributed by atoms with Crippen LogP contribution in [0.3, 0.4) is 0 Å². The summed E-state index contributed by atoms with van der Waals surface area (Å²) in [6.07, 6.45) is 1.69. The smallest absolute Gasteiger partial charge is 0.326 e. The lowest BCUT2D eigenvalue weighted by Gasteiger charge is -2.28. The fourth-order valence-corrected chi connectivity index (χ4v) is 2.20. The number of urea groups is 1. The van der Waals surface area contributed by atoms with Crippen LogP contribution in [0, 0.1) is 5.92 Å². The number of nitrogens with zero attached hydrogens (tertiary/aromatic N) is 1. The standard InChI is InChI=1S/C13H23N3O5/c1-16(8-9-4-6-21-7-5-9)13(20)15-10(12(18)19)2-3-11(14)17/h9-10H,2-8H2,1H3,(H2,14,17)(H,15,20)(H,18,19)/t10-/m1/s1. The van der Waals surface area contributed by atoms with Crippen LogP contribution in [0.5, 0.6) is 0 Å². The number of nitrogens with one attached hydrogen (secondary N) is 1. The van der Waals surface area contributed by atoms with Gasteiger partial charge in [-0.3, -0.25) is 4.79 Å². The summed E-state index contributed by atoms with van der Waals surface area (Å²) >= 11 is 0. The second-order valence-electron chi connectivity index (χ2n) is 5.28. The Morgan fingerprint density at radius 3 is 2.52 bits per heavy atom. The number of amides is 3. The van der Waals surface area contributed by atoms with E-state index in [1.165, 1.54) is 4.90 Å². The zero-order chi connectivity index (χ0) is 15.8. The lowest BCUT2D eigenvalue weighted by Crippen LogP contribution is -2.48. The molecule has 0 saturated carbocycles. The predicted molar refractivity (Wildman–Crippen MR) is 74.6 cm³/mol. The van der Waals surface area contributed by atoms with E-state index in [2.05, 4.69) is 5.32 Å². The summed E-state index contributed by atoms with van der Waals surface area (Å²) in [7, 11) is 1.62. The molecular formula is C13H23N3O5. The first-order valence-electron chi connectivity index (χ1n) is 7.00. The maximum atomic E-state index is 12.0. The van der Waals surface area contributed by atoms with Crippen molar-refractivity contribution < 1.29 is 24.2 Å². The number of carboxylic acid groups (broad SMARTS) is 1. The van der Waals surface area contributed by atoms with Gasteiger partial charge in [0.25, 0.3) is 0 Å². The Hall–Kier alpha value is -1.83. The van der Waals surface area contributed by atoms with Crippen molar-refractivity contribution in [2.75, 3.05) is 26.8 Å². The highest BCUT2D eigenvalue weighted by atomic mass is 16.5. The molecule has 4 N–H and O–H groups in total. The summed E-state index contributed by atoms with van der Waals surface area (Å²) < 4.78 is 5.25. The van der Waals surface area contributed by atoms with E-state index in [0.29, 0.717) is 25.7 Å². The van der Waals surface area contributed by atoms with Crippen molar-refractivity contribution in [1.82, 2.24) is 10.2 Å². The average molecular weight is 301 g/mol. The molecule has 8 nitrogen and oxygen atoms in total. The number of hydrogen-bond acceptors (Lipinski definition) is 4. The number of carboxylic acids is 1. The third kappa shape index (κ3) is 6.44. The lowest BCUT2D eigenvalue weighted by molar-refractivity contribution is -0.139. The van der Waals surface area contributed by atoms with Gasteiger partial charge in [0.05, 0.1) is 0 Å². The Balaban J connectivity index is 2.43. The second-order valence-corrected chi connectivity index (χ2v) is 5.28. The zero-order valence-corrected chi connectivity index (χ0v) is 12.2. The van der Waals surface area contributed by atoms with Crippen LogP contribution in [0.1, 0.15) is 25.7 Å². The lowest BCUT2D eigenvalue weighted by atomic mass is 10.00. The van der Waals surface area contributed by atoms with Crippen LogP contribution in [0.15, 0.2) is 0 Å². The molecule has 0 radical (unpaired) electrons. The van der Waals surface area contributed by atoms with E-state index in [9.17, 15) is 14.4 Å². The van der Waals surface area contributed by atoms with Crippen molar-refractivity contribution in [3.8, 4) is 0 Å². The molecule has 0 aromatic carbocycles. The first-order chi connectivity index (χ1) is 9.90. The summed E-state index contributed by atoms with van der Waals surface area (Å²) in [5, 5.41) is 11.4. The van der Waals surface area contributed by atoms with E-state index in [1.807, 2.05) is 0 Å². The summed E-state index contributed by atoms with van der Waals surface area (Å²) in [4.78, 5) is 35.2. The molecule has 0 bridgehead atoms. The van der Waals surface area contributed by atoms with Gasteiger partial charge in [0, 0.05) is 33.2 Å². The van der Waals surface area contributed by atoms with Gasteiger partial charge in [-0.1, -0.05) is 0 Å². The molecule has 1 saturated heterocycles. The first-order valence-corrected chi connectivity index (χ1v) is 7.00. The summed E-state index contributed by atoms with van der Waals surface area (Å²) in [6, 6.07) is -1.57. The Kier molecular flexibility index (Phi) is 6.93. The molecule has 120 valence electrons. The van der Waals surface area contributed by atoms with Gasteiger partial charge < -0.3 is 25.8 Å². The fraction of sp³-hybridized carbons (Fsp3) is 0.769. The molecule has 8 heteroatoms. The predicted octanol–water partition coefficient (Wildman–Crippen LogP) is -0.227. The molecule has 21 heavy (non-hydrogen) atoms. The van der Waals surface area contributed by atoms with Crippen molar-refractivity contribution in [3.05, 3.63) is 0 Å². The number of carbonyl (C=O) groups excluding carboxylic acids is 2. The molecule has 1 heterocycles. The number of nitrogens with two attached hydrogens (primary N) is 1. The van der Waals surface area contributed by atoms with Crippen molar-refractivity contribution in [1.29, 1.82) is 0 Å². The molecule has 1 atom stereocenters. The van der Waals surface area contributed by atoms with E-state index >= 15 is 0 Å². The van der Waals surface area contributed by atoms with Crippen LogP contribution in [0.25, 0.3) is 0 Å². The molecule has 1 aliphatic rings. The van der Waals surface area contributed by atoms with Crippen molar-refractivity contribution >= 4 is 17.9 Å². The largest absolute Gasteiger partial charge is 0.480 e. The van der Waals surface area contributed by atoms with Crippen molar-refractivity contribution in [3.63, 3.8) is 0 Å². The number of rotatable bonds is 7.